The molecule has 0 spiro atoms. The fourth-order valence-corrected chi connectivity index (χ4v) is 8.46. The lowest BCUT2D eigenvalue weighted by Crippen LogP contribution is -2.69. The molecular weight excluding hydrogens is 456 g/mol. The van der Waals surface area contributed by atoms with Gasteiger partial charge in [0.25, 0.3) is 0 Å². The van der Waals surface area contributed by atoms with Gasteiger partial charge in [0.2, 0.25) is 0 Å². The lowest BCUT2D eigenvalue weighted by molar-refractivity contribution is -0.211. The summed E-state index contributed by atoms with van der Waals surface area (Å²) in [5.41, 5.74) is -5.21. The van der Waals surface area contributed by atoms with Crippen molar-refractivity contribution in [2.45, 2.75) is 71.8 Å². The first-order chi connectivity index (χ1) is 16.4. The van der Waals surface area contributed by atoms with Gasteiger partial charge in [-0.1, -0.05) is 26.8 Å². The predicted octanol–water partition coefficient (Wildman–Crippen LogP) is 3.28. The number of fused-ring (bicyclic) bond motifs is 7. The van der Waals surface area contributed by atoms with Crippen molar-refractivity contribution in [3.63, 3.8) is 0 Å². The van der Waals surface area contributed by atoms with Gasteiger partial charge in [0.05, 0.1) is 11.5 Å². The molecule has 4 aliphatic carbocycles. The van der Waals surface area contributed by atoms with Crippen LogP contribution in [0.4, 0.5) is 8.78 Å². The highest BCUT2D eigenvalue weighted by atomic mass is 19.1. The average molecular weight is 494 g/mol. The van der Waals surface area contributed by atoms with Gasteiger partial charge in [-0.2, -0.15) is 0 Å². The molecule has 0 radical (unpaired) electrons. The Hall–Kier alpha value is -1.93. The quantitative estimate of drug-likeness (QED) is 0.587. The van der Waals surface area contributed by atoms with Crippen molar-refractivity contribution < 1.29 is 33.0 Å². The largest absolute Gasteiger partial charge is 0.458 e. The Labute approximate surface area is 205 Å². The number of halogens is 2. The van der Waals surface area contributed by atoms with Crippen LogP contribution in [0, 0.1) is 34.0 Å². The SMILES string of the molecule is CC.CC(=O)OCC(=O)[C@@]12CNC[C@@H]1CC1[C@@H]3C[C@H](F)C4=CC(=O)C=C[C@]4(C)[C@@]3(F)[C@@H](O)C[C@@]12C. The van der Waals surface area contributed by atoms with Gasteiger partial charge in [0.1, 0.15) is 6.17 Å². The van der Waals surface area contributed by atoms with Crippen molar-refractivity contribution in [1.82, 2.24) is 5.32 Å². The maximum atomic E-state index is 17.2. The van der Waals surface area contributed by atoms with Crippen LogP contribution in [0.2, 0.25) is 0 Å². The van der Waals surface area contributed by atoms with Gasteiger partial charge in [0, 0.05) is 24.8 Å². The number of nitrogens with one attached hydrogen (secondary N) is 1. The van der Waals surface area contributed by atoms with Crippen molar-refractivity contribution >= 4 is 17.5 Å². The molecule has 1 unspecified atom stereocenters. The fraction of sp³-hybridized carbons (Fsp3) is 0.741. The maximum Gasteiger partial charge on any atom is 0.303 e. The van der Waals surface area contributed by atoms with E-state index in [1.54, 1.807) is 6.92 Å². The third-order valence-corrected chi connectivity index (χ3v) is 9.97. The fourth-order valence-electron chi connectivity index (χ4n) is 8.46. The minimum absolute atomic E-state index is 0.0380. The van der Waals surface area contributed by atoms with E-state index in [1.807, 2.05) is 20.8 Å². The van der Waals surface area contributed by atoms with Crippen molar-refractivity contribution in [2.24, 2.45) is 34.0 Å². The molecule has 9 atom stereocenters. The van der Waals surface area contributed by atoms with Crippen LogP contribution in [-0.2, 0) is 19.1 Å². The zero-order valence-corrected chi connectivity index (χ0v) is 21.2. The molecule has 6 nitrogen and oxygen atoms in total. The molecule has 5 rings (SSSR count). The van der Waals surface area contributed by atoms with Crippen LogP contribution in [0.3, 0.4) is 0 Å². The summed E-state index contributed by atoms with van der Waals surface area (Å²) in [6, 6.07) is 0. The normalized spacial score (nSPS) is 47.4. The third-order valence-electron chi connectivity index (χ3n) is 9.97. The molecule has 4 fully saturated rings. The molecule has 194 valence electrons. The number of hydrogen-bond acceptors (Lipinski definition) is 6. The highest BCUT2D eigenvalue weighted by molar-refractivity contribution is 6.01. The summed E-state index contributed by atoms with van der Waals surface area (Å²) in [6.45, 7) is 9.30. The Kier molecular flexibility index (Phi) is 6.41. The third kappa shape index (κ3) is 3.21. The highest BCUT2D eigenvalue weighted by Crippen LogP contribution is 2.73. The zero-order valence-electron chi connectivity index (χ0n) is 21.2. The lowest BCUT2D eigenvalue weighted by atomic mass is 9.43. The Morgan fingerprint density at radius 3 is 2.57 bits per heavy atom. The summed E-state index contributed by atoms with van der Waals surface area (Å²) in [5, 5.41) is 14.7. The van der Waals surface area contributed by atoms with Gasteiger partial charge >= 0.3 is 5.97 Å². The average Bonchev–Trinajstić information content (AvgIpc) is 3.34. The van der Waals surface area contributed by atoms with Gasteiger partial charge < -0.3 is 15.2 Å². The van der Waals surface area contributed by atoms with E-state index in [0.717, 1.165) is 0 Å². The Balaban J connectivity index is 0.00000141. The van der Waals surface area contributed by atoms with Crippen LogP contribution in [0.1, 0.15) is 53.9 Å². The second-order valence-corrected chi connectivity index (χ2v) is 11.1. The zero-order chi connectivity index (χ0) is 26.0. The summed E-state index contributed by atoms with van der Waals surface area (Å²) in [5.74, 6) is -2.41. The minimum Gasteiger partial charge on any atom is -0.458 e. The van der Waals surface area contributed by atoms with Crippen LogP contribution in [0.5, 0.6) is 0 Å². The van der Waals surface area contributed by atoms with Crippen molar-refractivity contribution in [3.05, 3.63) is 23.8 Å². The van der Waals surface area contributed by atoms with E-state index in [4.69, 9.17) is 4.74 Å². The van der Waals surface area contributed by atoms with Gasteiger partial charge in [-0.15, -0.1) is 0 Å². The second-order valence-electron chi connectivity index (χ2n) is 11.1. The first kappa shape index (κ1) is 26.1. The Morgan fingerprint density at radius 1 is 1.23 bits per heavy atom. The molecule has 35 heavy (non-hydrogen) atoms. The van der Waals surface area contributed by atoms with E-state index < -0.39 is 46.1 Å². The molecule has 1 heterocycles. The molecule has 0 aromatic heterocycles. The number of alkyl halides is 2. The number of esters is 1. The topological polar surface area (TPSA) is 92.7 Å². The van der Waals surface area contributed by atoms with Gasteiger partial charge in [0.15, 0.2) is 23.8 Å². The summed E-state index contributed by atoms with van der Waals surface area (Å²) in [7, 11) is 0. The van der Waals surface area contributed by atoms with Crippen LogP contribution in [0.15, 0.2) is 23.8 Å². The Morgan fingerprint density at radius 2 is 1.91 bits per heavy atom. The number of allylic oxidation sites excluding steroid dienone is 4. The molecule has 2 N–H and O–H groups in total. The monoisotopic (exact) mass is 493 g/mol. The van der Waals surface area contributed by atoms with E-state index in [2.05, 4.69) is 5.32 Å². The van der Waals surface area contributed by atoms with Crippen molar-refractivity contribution in [3.8, 4) is 0 Å². The molecular formula is C27H37F2NO5. The van der Waals surface area contributed by atoms with E-state index in [0.29, 0.717) is 19.5 Å². The molecule has 0 aromatic rings. The molecule has 8 heteroatoms. The summed E-state index contributed by atoms with van der Waals surface area (Å²) in [4.78, 5) is 36.8. The molecule has 1 saturated heterocycles. The number of hydrogen-bond donors (Lipinski definition) is 2. The van der Waals surface area contributed by atoms with Crippen LogP contribution < -0.4 is 5.32 Å². The number of carbonyl (C=O) groups is 3. The van der Waals surface area contributed by atoms with E-state index >= 15 is 8.78 Å². The molecule has 0 aromatic carbocycles. The molecule has 5 aliphatic rings. The number of aliphatic hydroxyl groups excluding tert-OH is 1. The number of Topliss-reactive ketones (excluding diaryl/α,β-unsaturated/α-hetero) is 1. The minimum atomic E-state index is -2.16. The van der Waals surface area contributed by atoms with Crippen LogP contribution in [0.25, 0.3) is 0 Å². The number of ketones is 2. The molecule has 3 saturated carbocycles. The lowest BCUT2D eigenvalue weighted by Gasteiger charge is -2.63. The number of ether oxygens (including phenoxy) is 1. The van der Waals surface area contributed by atoms with Crippen LogP contribution >= 0.6 is 0 Å². The molecule has 0 amide bonds. The number of carbonyl (C=O) groups excluding carboxylic acids is 3. The smallest absolute Gasteiger partial charge is 0.303 e. The van der Waals surface area contributed by atoms with Gasteiger partial charge in [-0.3, -0.25) is 14.4 Å². The van der Waals surface area contributed by atoms with Crippen molar-refractivity contribution in [2.75, 3.05) is 19.7 Å². The second kappa shape index (κ2) is 8.58. The summed E-state index contributed by atoms with van der Waals surface area (Å²) >= 11 is 0. The number of rotatable bonds is 3. The van der Waals surface area contributed by atoms with Crippen molar-refractivity contribution in [1.29, 1.82) is 0 Å². The molecule has 0 bridgehead atoms. The summed E-state index contributed by atoms with van der Waals surface area (Å²) in [6.07, 6.45) is 1.36. The van der Waals surface area contributed by atoms with E-state index in [9.17, 15) is 19.5 Å². The number of aliphatic hydroxyl groups is 1. The summed E-state index contributed by atoms with van der Waals surface area (Å²) < 4.78 is 37.8. The van der Waals surface area contributed by atoms with Gasteiger partial charge in [-0.05, 0) is 67.7 Å². The van der Waals surface area contributed by atoms with Crippen LogP contribution in [-0.4, -0.2) is 60.3 Å². The highest BCUT2D eigenvalue weighted by Gasteiger charge is 2.77. The maximum absolute atomic E-state index is 17.2. The van der Waals surface area contributed by atoms with E-state index in [-0.39, 0.29) is 48.4 Å². The first-order valence-corrected chi connectivity index (χ1v) is 12.8. The standard InChI is InChI=1S/C25H31F2NO5.C2H6/c1-13(29)33-11-21(32)24-12-28-10-14(24)6-16-17-8-19(26)18-7-15(30)4-5-22(18,2)25(17,27)20(31)9-23(16,24)3;1-2/h4-5,7,14,16-17,19-20,28,31H,6,8-12H2,1-3H3;1-2H3/t14-,16?,17-,19-,20-,22-,23-,24+,25-;/m0./s1. The predicted molar refractivity (Wildman–Crippen MR) is 126 cm³/mol. The van der Waals surface area contributed by atoms with Gasteiger partial charge in [-0.25, -0.2) is 8.78 Å². The first-order valence-electron chi connectivity index (χ1n) is 12.8. The Bertz CT molecular complexity index is 996. The van der Waals surface area contributed by atoms with E-state index in [1.165, 1.54) is 25.2 Å². The molecule has 1 aliphatic heterocycles.